The number of nitrogens with zero attached hydrogens (tertiary/aromatic N) is 2. The summed E-state index contributed by atoms with van der Waals surface area (Å²) in [5.74, 6) is 2.44. The van der Waals surface area contributed by atoms with Gasteiger partial charge in [0.25, 0.3) is 5.22 Å². The minimum absolute atomic E-state index is 0.367. The Balaban J connectivity index is 1.60. The van der Waals surface area contributed by atoms with E-state index >= 15 is 0 Å². The largest absolute Gasteiger partial charge is 0.493 e. The van der Waals surface area contributed by atoms with Crippen molar-refractivity contribution in [1.82, 2.24) is 10.2 Å². The number of ether oxygens (including phenoxy) is 2. The van der Waals surface area contributed by atoms with Gasteiger partial charge in [-0.15, -0.1) is 10.2 Å². The van der Waals surface area contributed by atoms with Crippen LogP contribution >= 0.6 is 11.8 Å². The van der Waals surface area contributed by atoms with E-state index in [0.29, 0.717) is 39.9 Å². The van der Waals surface area contributed by atoms with Crippen LogP contribution in [0.2, 0.25) is 0 Å². The molecular formula is C24H24N2O5S. The summed E-state index contributed by atoms with van der Waals surface area (Å²) in [5, 5.41) is 9.62. The van der Waals surface area contributed by atoms with Crippen LogP contribution in [0.15, 0.2) is 55.2 Å². The number of methoxy groups -OCH3 is 2. The zero-order chi connectivity index (χ0) is 22.8. The van der Waals surface area contributed by atoms with Crippen LogP contribution in [0.4, 0.5) is 0 Å². The molecule has 0 amide bonds. The molecule has 8 heteroatoms. The number of benzene rings is 2. The van der Waals surface area contributed by atoms with Crippen LogP contribution in [0.1, 0.15) is 36.5 Å². The Bertz CT molecular complexity index is 1330. The van der Waals surface area contributed by atoms with Gasteiger partial charge in [-0.3, -0.25) is 0 Å². The molecule has 2 heterocycles. The standard InChI is InChI=1S/C24H24N2O5S/c1-13(2)17-11-18-16(10-22(27)30-20(18)8-14(17)3)12-32-24-26-25-23(31-24)15-6-7-19(28-4)21(9-15)29-5/h6-11,13H,12H2,1-5H3. The Morgan fingerprint density at radius 1 is 1.00 bits per heavy atom. The first kappa shape index (κ1) is 22.0. The lowest BCUT2D eigenvalue weighted by molar-refractivity contribution is 0.355. The fourth-order valence-corrected chi connectivity index (χ4v) is 4.38. The lowest BCUT2D eigenvalue weighted by Gasteiger charge is -2.12. The van der Waals surface area contributed by atoms with Crippen molar-refractivity contribution in [2.24, 2.45) is 0 Å². The Kier molecular flexibility index (Phi) is 6.23. The molecule has 0 saturated carbocycles. The van der Waals surface area contributed by atoms with Crippen molar-refractivity contribution in [3.63, 3.8) is 0 Å². The molecule has 0 aliphatic carbocycles. The van der Waals surface area contributed by atoms with Gasteiger partial charge in [0.2, 0.25) is 5.89 Å². The van der Waals surface area contributed by atoms with Crippen LogP contribution < -0.4 is 15.1 Å². The Morgan fingerprint density at radius 3 is 2.50 bits per heavy atom. The molecule has 2 aromatic carbocycles. The molecule has 0 atom stereocenters. The third-order valence-corrected chi connectivity index (χ3v) is 6.09. The maximum absolute atomic E-state index is 12.1. The molecular weight excluding hydrogens is 428 g/mol. The maximum Gasteiger partial charge on any atom is 0.336 e. The molecule has 4 rings (SSSR count). The normalized spacial score (nSPS) is 11.3. The van der Waals surface area contributed by atoms with Crippen molar-refractivity contribution in [3.8, 4) is 23.0 Å². The molecule has 0 N–H and O–H groups in total. The van der Waals surface area contributed by atoms with Crippen LogP contribution in [0, 0.1) is 6.92 Å². The van der Waals surface area contributed by atoms with Crippen molar-refractivity contribution in [2.75, 3.05) is 14.2 Å². The van der Waals surface area contributed by atoms with Crippen molar-refractivity contribution < 1.29 is 18.3 Å². The van der Waals surface area contributed by atoms with Gasteiger partial charge in [0.15, 0.2) is 11.5 Å². The summed E-state index contributed by atoms with van der Waals surface area (Å²) in [6, 6.07) is 11.0. The minimum Gasteiger partial charge on any atom is -0.493 e. The van der Waals surface area contributed by atoms with Crippen molar-refractivity contribution in [1.29, 1.82) is 0 Å². The number of thioether (sulfide) groups is 1. The molecule has 0 bridgehead atoms. The molecule has 0 radical (unpaired) electrons. The van der Waals surface area contributed by atoms with Crippen molar-refractivity contribution >= 4 is 22.7 Å². The number of fused-ring (bicyclic) bond motifs is 1. The second-order valence-corrected chi connectivity index (χ2v) is 8.61. The summed E-state index contributed by atoms with van der Waals surface area (Å²) in [5.41, 5.74) is 4.15. The highest BCUT2D eigenvalue weighted by atomic mass is 32.2. The van der Waals surface area contributed by atoms with Gasteiger partial charge in [-0.25, -0.2) is 4.79 Å². The minimum atomic E-state index is -0.374. The predicted octanol–water partition coefficient (Wildman–Crippen LogP) is 5.58. The molecule has 0 saturated heterocycles. The third kappa shape index (κ3) is 4.36. The molecule has 2 aromatic heterocycles. The average molecular weight is 453 g/mol. The highest BCUT2D eigenvalue weighted by Gasteiger charge is 2.15. The maximum atomic E-state index is 12.1. The first-order valence-corrected chi connectivity index (χ1v) is 11.1. The van der Waals surface area contributed by atoms with Gasteiger partial charge in [-0.05, 0) is 59.9 Å². The van der Waals surface area contributed by atoms with Crippen LogP contribution in [-0.4, -0.2) is 24.4 Å². The quantitative estimate of drug-likeness (QED) is 0.265. The zero-order valence-corrected chi connectivity index (χ0v) is 19.4. The van der Waals surface area contributed by atoms with Crippen LogP contribution in [0.5, 0.6) is 11.5 Å². The fourth-order valence-electron chi connectivity index (χ4n) is 3.63. The fraction of sp³-hybridized carbons (Fsp3) is 0.292. The third-order valence-electron chi connectivity index (χ3n) is 5.23. The summed E-state index contributed by atoms with van der Waals surface area (Å²) >= 11 is 1.37. The number of rotatable bonds is 7. The highest BCUT2D eigenvalue weighted by Crippen LogP contribution is 2.34. The van der Waals surface area contributed by atoms with Gasteiger partial charge >= 0.3 is 5.63 Å². The van der Waals surface area contributed by atoms with Gasteiger partial charge < -0.3 is 18.3 Å². The average Bonchev–Trinajstić information content (AvgIpc) is 3.25. The topological polar surface area (TPSA) is 87.6 Å². The van der Waals surface area contributed by atoms with Gasteiger partial charge in [0.05, 0.1) is 14.2 Å². The SMILES string of the molecule is COc1ccc(-c2nnc(SCc3cc(=O)oc4cc(C)c(C(C)C)cc34)o2)cc1OC. The summed E-state index contributed by atoms with van der Waals surface area (Å²) in [6.07, 6.45) is 0. The molecule has 0 spiro atoms. The lowest BCUT2D eigenvalue weighted by atomic mass is 9.95. The molecule has 0 aliphatic rings. The highest BCUT2D eigenvalue weighted by molar-refractivity contribution is 7.98. The van der Waals surface area contributed by atoms with E-state index in [1.807, 2.05) is 19.1 Å². The van der Waals surface area contributed by atoms with Gasteiger partial charge in [0, 0.05) is 22.8 Å². The van der Waals surface area contributed by atoms with Crippen molar-refractivity contribution in [2.45, 2.75) is 37.7 Å². The zero-order valence-electron chi connectivity index (χ0n) is 18.6. The molecule has 0 fully saturated rings. The summed E-state index contributed by atoms with van der Waals surface area (Å²) in [4.78, 5) is 12.1. The van der Waals surface area contributed by atoms with E-state index in [1.54, 1.807) is 26.4 Å². The summed E-state index contributed by atoms with van der Waals surface area (Å²) < 4.78 is 21.9. The van der Waals surface area contributed by atoms with E-state index in [-0.39, 0.29) is 5.63 Å². The first-order valence-electron chi connectivity index (χ1n) is 10.2. The molecule has 0 unspecified atom stereocenters. The monoisotopic (exact) mass is 452 g/mol. The van der Waals surface area contributed by atoms with E-state index in [2.05, 4.69) is 30.1 Å². The molecule has 32 heavy (non-hydrogen) atoms. The van der Waals surface area contributed by atoms with Crippen LogP contribution in [-0.2, 0) is 5.75 Å². The second kappa shape index (κ2) is 9.08. The van der Waals surface area contributed by atoms with E-state index in [9.17, 15) is 4.79 Å². The van der Waals surface area contributed by atoms with E-state index in [0.717, 1.165) is 22.1 Å². The Labute approximate surface area is 189 Å². The number of aromatic nitrogens is 2. The van der Waals surface area contributed by atoms with Gasteiger partial charge in [-0.1, -0.05) is 25.6 Å². The molecule has 7 nitrogen and oxygen atoms in total. The summed E-state index contributed by atoms with van der Waals surface area (Å²) in [6.45, 7) is 6.33. The van der Waals surface area contributed by atoms with Gasteiger partial charge in [-0.2, -0.15) is 0 Å². The van der Waals surface area contributed by atoms with E-state index in [1.165, 1.54) is 23.4 Å². The lowest BCUT2D eigenvalue weighted by Crippen LogP contribution is -2.02. The van der Waals surface area contributed by atoms with Crippen LogP contribution in [0.25, 0.3) is 22.4 Å². The van der Waals surface area contributed by atoms with E-state index in [4.69, 9.17) is 18.3 Å². The predicted molar refractivity (Wildman–Crippen MR) is 124 cm³/mol. The number of hydrogen-bond donors (Lipinski definition) is 0. The molecule has 4 aromatic rings. The molecule has 166 valence electrons. The van der Waals surface area contributed by atoms with Crippen LogP contribution in [0.3, 0.4) is 0 Å². The number of hydrogen-bond acceptors (Lipinski definition) is 8. The number of aryl methyl sites for hydroxylation is 1. The first-order chi connectivity index (χ1) is 15.4. The van der Waals surface area contributed by atoms with E-state index < -0.39 is 0 Å². The van der Waals surface area contributed by atoms with Gasteiger partial charge in [0.1, 0.15) is 5.58 Å². The Morgan fingerprint density at radius 2 is 1.78 bits per heavy atom. The second-order valence-electron chi connectivity index (χ2n) is 7.68. The smallest absolute Gasteiger partial charge is 0.336 e. The molecule has 0 aliphatic heterocycles. The Hall–Kier alpha value is -3.26. The summed E-state index contributed by atoms with van der Waals surface area (Å²) in [7, 11) is 3.15. The van der Waals surface area contributed by atoms with Crippen molar-refractivity contribution in [3.05, 3.63) is 63.5 Å².